The summed E-state index contributed by atoms with van der Waals surface area (Å²) in [6, 6.07) is 24.7. The van der Waals surface area contributed by atoms with Gasteiger partial charge < -0.3 is 13.9 Å². The number of hydrogen-bond donors (Lipinski definition) is 1. The summed E-state index contributed by atoms with van der Waals surface area (Å²) in [6.07, 6.45) is 3.74. The Morgan fingerprint density at radius 1 is 0.842 bits per heavy atom. The third-order valence-corrected chi connectivity index (χ3v) is 7.09. The van der Waals surface area contributed by atoms with Crippen molar-refractivity contribution in [1.29, 1.82) is 0 Å². The number of carbonyl (C=O) groups is 1. The molecule has 0 saturated heterocycles. The zero-order chi connectivity index (χ0) is 27.0. The normalized spacial score (nSPS) is 12.4. The number of para-hydroxylation sites is 2. The number of aromatic nitrogens is 2. The van der Waals surface area contributed by atoms with E-state index in [1.165, 1.54) is 0 Å². The molecule has 0 radical (unpaired) electrons. The Morgan fingerprint density at radius 2 is 1.34 bits per heavy atom. The lowest BCUT2D eigenvalue weighted by molar-refractivity contribution is 0.0529. The molecule has 0 spiro atoms. The molecule has 0 bridgehead atoms. The highest BCUT2D eigenvalue weighted by Gasteiger charge is 2.29. The molecule has 0 saturated carbocycles. The molecular formula is C31H31BrN4O2. The van der Waals surface area contributed by atoms with Crippen molar-refractivity contribution in [3.8, 4) is 0 Å². The zero-order valence-corrected chi connectivity index (χ0v) is 23.8. The van der Waals surface area contributed by atoms with Gasteiger partial charge in [0.2, 0.25) is 0 Å². The number of carbonyl (C=O) groups excluding carboxylic acids is 1. The Hall–Kier alpha value is -3.84. The molecule has 0 atom stereocenters. The Labute approximate surface area is 231 Å². The van der Waals surface area contributed by atoms with Crippen molar-refractivity contribution in [3.05, 3.63) is 106 Å². The van der Waals surface area contributed by atoms with E-state index < -0.39 is 11.7 Å². The molecule has 5 aromatic rings. The second-order valence-corrected chi connectivity index (χ2v) is 11.4. The average Bonchev–Trinajstić information content (AvgIpc) is 3.38. The van der Waals surface area contributed by atoms with Crippen molar-refractivity contribution in [2.45, 2.75) is 32.3 Å². The second-order valence-electron chi connectivity index (χ2n) is 10.5. The van der Waals surface area contributed by atoms with E-state index in [0.717, 1.165) is 48.7 Å². The molecule has 1 N–H and O–H groups in total. The number of amides is 1. The number of halogens is 1. The van der Waals surface area contributed by atoms with E-state index in [0.29, 0.717) is 0 Å². The Kier molecular flexibility index (Phi) is 6.88. The van der Waals surface area contributed by atoms with Crippen molar-refractivity contribution in [2.75, 3.05) is 0 Å². The van der Waals surface area contributed by atoms with Crippen LogP contribution in [-0.4, -0.2) is 26.5 Å². The monoisotopic (exact) mass is 570 g/mol. The number of benzene rings is 3. The Balaban J connectivity index is 1.78. The summed E-state index contributed by atoms with van der Waals surface area (Å²) in [5, 5.41) is 7.02. The standard InChI is InChI=1S/C31H31BrN4O2/c1-31(2,3)38-30(37)34-33-29(20-14-16-21(32)17-15-20)28(24-18-35(4)26-12-8-6-10-22(24)26)25-19-36(5)27-13-9-7-11-23(25)27/h6-19,28H,1-5H3,(H,34,37)/b33-29-. The lowest BCUT2D eigenvalue weighted by atomic mass is 9.84. The molecule has 194 valence electrons. The third-order valence-electron chi connectivity index (χ3n) is 6.56. The lowest BCUT2D eigenvalue weighted by Gasteiger charge is -2.22. The quantitative estimate of drug-likeness (QED) is 0.176. The van der Waals surface area contributed by atoms with Gasteiger partial charge in [-0.3, -0.25) is 0 Å². The molecule has 5 rings (SSSR count). The maximum Gasteiger partial charge on any atom is 0.428 e. The summed E-state index contributed by atoms with van der Waals surface area (Å²) in [5.41, 5.74) is 8.13. The fourth-order valence-corrected chi connectivity index (χ4v) is 5.26. The van der Waals surface area contributed by atoms with E-state index in [9.17, 15) is 4.79 Å². The van der Waals surface area contributed by atoms with Crippen LogP contribution in [0.4, 0.5) is 4.79 Å². The van der Waals surface area contributed by atoms with E-state index in [1.807, 2.05) is 57.2 Å². The molecule has 6 nitrogen and oxygen atoms in total. The van der Waals surface area contributed by atoms with Gasteiger partial charge in [0.1, 0.15) is 5.60 Å². The van der Waals surface area contributed by atoms with E-state index in [2.05, 4.69) is 93.4 Å². The van der Waals surface area contributed by atoms with Gasteiger partial charge in [-0.25, -0.2) is 10.2 Å². The van der Waals surface area contributed by atoms with Crippen LogP contribution >= 0.6 is 15.9 Å². The van der Waals surface area contributed by atoms with Crippen molar-refractivity contribution in [1.82, 2.24) is 14.6 Å². The highest BCUT2D eigenvalue weighted by molar-refractivity contribution is 9.10. The number of hydrazone groups is 1. The topological polar surface area (TPSA) is 60.6 Å². The fourth-order valence-electron chi connectivity index (χ4n) is 4.99. The molecule has 0 aliphatic heterocycles. The van der Waals surface area contributed by atoms with Gasteiger partial charge >= 0.3 is 6.09 Å². The summed E-state index contributed by atoms with van der Waals surface area (Å²) in [7, 11) is 4.11. The first-order chi connectivity index (χ1) is 18.1. The minimum absolute atomic E-state index is 0.275. The van der Waals surface area contributed by atoms with Crippen molar-refractivity contribution < 1.29 is 9.53 Å². The summed E-state index contributed by atoms with van der Waals surface area (Å²) in [5.74, 6) is -0.275. The van der Waals surface area contributed by atoms with Gasteiger partial charge in [-0.15, -0.1) is 0 Å². The van der Waals surface area contributed by atoms with Gasteiger partial charge in [-0.2, -0.15) is 5.10 Å². The predicted molar refractivity (Wildman–Crippen MR) is 158 cm³/mol. The second kappa shape index (κ2) is 10.1. The zero-order valence-electron chi connectivity index (χ0n) is 22.2. The van der Waals surface area contributed by atoms with Crippen LogP contribution in [-0.2, 0) is 18.8 Å². The average molecular weight is 572 g/mol. The van der Waals surface area contributed by atoms with Gasteiger partial charge in [0, 0.05) is 52.8 Å². The molecule has 38 heavy (non-hydrogen) atoms. The van der Waals surface area contributed by atoms with Crippen LogP contribution in [0.2, 0.25) is 0 Å². The van der Waals surface area contributed by atoms with Crippen LogP contribution in [0, 0.1) is 0 Å². The van der Waals surface area contributed by atoms with Crippen LogP contribution in [0.1, 0.15) is 43.4 Å². The molecule has 0 fully saturated rings. The first kappa shape index (κ1) is 25.8. The van der Waals surface area contributed by atoms with Gasteiger partial charge in [0.25, 0.3) is 0 Å². The van der Waals surface area contributed by atoms with Crippen LogP contribution in [0.15, 0.2) is 94.8 Å². The highest BCUT2D eigenvalue weighted by atomic mass is 79.9. The molecule has 2 heterocycles. The van der Waals surface area contributed by atoms with Crippen molar-refractivity contribution in [2.24, 2.45) is 19.2 Å². The first-order valence-corrected chi connectivity index (χ1v) is 13.3. The van der Waals surface area contributed by atoms with E-state index in [4.69, 9.17) is 9.84 Å². The Bertz CT molecular complexity index is 1580. The van der Waals surface area contributed by atoms with Gasteiger partial charge in [-0.05, 0) is 61.7 Å². The minimum Gasteiger partial charge on any atom is -0.443 e. The summed E-state index contributed by atoms with van der Waals surface area (Å²) < 4.78 is 10.8. The number of nitrogens with zero attached hydrogens (tertiary/aromatic N) is 3. The molecule has 0 unspecified atom stereocenters. The number of nitrogens with one attached hydrogen (secondary N) is 1. The largest absolute Gasteiger partial charge is 0.443 e. The number of ether oxygens (including phenoxy) is 1. The summed E-state index contributed by atoms with van der Waals surface area (Å²) in [4.78, 5) is 12.7. The molecular weight excluding hydrogens is 540 g/mol. The Morgan fingerprint density at radius 3 is 1.84 bits per heavy atom. The maximum absolute atomic E-state index is 12.7. The molecule has 0 aliphatic carbocycles. The first-order valence-electron chi connectivity index (χ1n) is 12.5. The smallest absolute Gasteiger partial charge is 0.428 e. The third kappa shape index (κ3) is 5.11. The minimum atomic E-state index is -0.637. The molecule has 7 heteroatoms. The predicted octanol–water partition coefficient (Wildman–Crippen LogP) is 7.49. The molecule has 1 amide bonds. The number of aryl methyl sites for hydroxylation is 2. The molecule has 0 aliphatic rings. The van der Waals surface area contributed by atoms with Crippen LogP contribution in [0.25, 0.3) is 21.8 Å². The van der Waals surface area contributed by atoms with Gasteiger partial charge in [-0.1, -0.05) is 64.5 Å². The summed E-state index contributed by atoms with van der Waals surface area (Å²) >= 11 is 3.55. The van der Waals surface area contributed by atoms with Crippen LogP contribution in [0.3, 0.4) is 0 Å². The maximum atomic E-state index is 12.7. The van der Waals surface area contributed by atoms with Crippen LogP contribution < -0.4 is 5.43 Å². The van der Waals surface area contributed by atoms with Gasteiger partial charge in [0.05, 0.1) is 11.6 Å². The van der Waals surface area contributed by atoms with Crippen LogP contribution in [0.5, 0.6) is 0 Å². The van der Waals surface area contributed by atoms with Gasteiger partial charge in [0.15, 0.2) is 0 Å². The number of hydrogen-bond acceptors (Lipinski definition) is 3. The van der Waals surface area contributed by atoms with E-state index >= 15 is 0 Å². The number of fused-ring (bicyclic) bond motifs is 2. The fraction of sp³-hybridized carbons (Fsp3) is 0.226. The van der Waals surface area contributed by atoms with E-state index in [1.54, 1.807) is 0 Å². The van der Waals surface area contributed by atoms with E-state index in [-0.39, 0.29) is 5.92 Å². The summed E-state index contributed by atoms with van der Waals surface area (Å²) in [6.45, 7) is 5.50. The van der Waals surface area contributed by atoms with Crippen molar-refractivity contribution in [3.63, 3.8) is 0 Å². The SMILES string of the molecule is Cn1cc(C(/C(=N\NC(=O)OC(C)(C)C)c2ccc(Br)cc2)c2cn(C)c3ccccc23)c2ccccc21. The highest BCUT2D eigenvalue weighted by Crippen LogP contribution is 2.39. The molecule has 3 aromatic carbocycles. The number of rotatable bonds is 5. The lowest BCUT2D eigenvalue weighted by Crippen LogP contribution is -2.31. The van der Waals surface area contributed by atoms with Crippen molar-refractivity contribution >= 4 is 49.5 Å². The molecule has 2 aromatic heterocycles.